The molecule has 0 bridgehead atoms. The molecule has 3 N–H and O–H groups in total. The number of imide groups is 1. The summed E-state index contributed by atoms with van der Waals surface area (Å²) < 4.78 is 5.26. The van der Waals surface area contributed by atoms with Crippen LogP contribution in [0.5, 0.6) is 11.5 Å². The highest BCUT2D eigenvalue weighted by atomic mass is 16.5. The van der Waals surface area contributed by atoms with Crippen molar-refractivity contribution in [1.82, 2.24) is 10.2 Å². The lowest BCUT2D eigenvalue weighted by Crippen LogP contribution is -2.58. The number of benzene rings is 2. The van der Waals surface area contributed by atoms with Gasteiger partial charge < -0.3 is 14.9 Å². The van der Waals surface area contributed by atoms with Crippen molar-refractivity contribution in [2.45, 2.75) is 56.1 Å². The lowest BCUT2D eigenvalue weighted by molar-refractivity contribution is -0.152. The summed E-state index contributed by atoms with van der Waals surface area (Å²) in [5, 5.41) is 23.9. The SMILES string of the molecule is COc1cc(C2NC(Cc3ccccc3)(C(=O)O)C3C(=O)N(C4CCCCC4)C(=O)C23)ccc1O. The van der Waals surface area contributed by atoms with E-state index in [1.165, 1.54) is 18.1 Å². The molecule has 4 unspecified atom stereocenters. The fraction of sp³-hybridized carbons (Fsp3) is 0.444. The van der Waals surface area contributed by atoms with E-state index >= 15 is 0 Å². The number of carbonyl (C=O) groups is 3. The molecule has 2 heterocycles. The van der Waals surface area contributed by atoms with E-state index in [0.717, 1.165) is 37.7 Å². The van der Waals surface area contributed by atoms with Gasteiger partial charge >= 0.3 is 5.97 Å². The van der Waals surface area contributed by atoms with Crippen LogP contribution in [0.1, 0.15) is 49.3 Å². The highest BCUT2D eigenvalue weighted by Crippen LogP contribution is 2.51. The zero-order chi connectivity index (χ0) is 24.7. The van der Waals surface area contributed by atoms with Crippen molar-refractivity contribution in [2.24, 2.45) is 11.8 Å². The highest BCUT2D eigenvalue weighted by molar-refractivity contribution is 6.09. The molecule has 8 heteroatoms. The maximum Gasteiger partial charge on any atom is 0.325 e. The summed E-state index contributed by atoms with van der Waals surface area (Å²) >= 11 is 0. The topological polar surface area (TPSA) is 116 Å². The average molecular weight is 479 g/mol. The number of methoxy groups -OCH3 is 1. The van der Waals surface area contributed by atoms with Crippen molar-refractivity contribution >= 4 is 17.8 Å². The first-order valence-electron chi connectivity index (χ1n) is 12.2. The van der Waals surface area contributed by atoms with Gasteiger partial charge in [-0.1, -0.05) is 55.7 Å². The van der Waals surface area contributed by atoms with Gasteiger partial charge in [-0.25, -0.2) is 0 Å². The van der Waals surface area contributed by atoms with Crippen LogP contribution in [0.15, 0.2) is 48.5 Å². The van der Waals surface area contributed by atoms with Crippen molar-refractivity contribution in [1.29, 1.82) is 0 Å². The van der Waals surface area contributed by atoms with Crippen LogP contribution in [0.3, 0.4) is 0 Å². The Morgan fingerprint density at radius 2 is 1.80 bits per heavy atom. The van der Waals surface area contributed by atoms with Gasteiger partial charge in [0.05, 0.1) is 18.9 Å². The third kappa shape index (κ3) is 3.76. The Morgan fingerprint density at radius 1 is 1.09 bits per heavy atom. The molecule has 2 aliphatic heterocycles. The van der Waals surface area contributed by atoms with Crippen molar-refractivity contribution in [3.05, 3.63) is 59.7 Å². The minimum atomic E-state index is -1.65. The number of hydrogen-bond donors (Lipinski definition) is 3. The first kappa shape index (κ1) is 23.4. The maximum atomic E-state index is 13.9. The number of carboxylic acids is 1. The van der Waals surface area contributed by atoms with E-state index in [4.69, 9.17) is 4.74 Å². The predicted molar refractivity (Wildman–Crippen MR) is 127 cm³/mol. The number of phenolic OH excluding ortho intramolecular Hbond substituents is 1. The van der Waals surface area contributed by atoms with Gasteiger partial charge in [-0.2, -0.15) is 0 Å². The lowest BCUT2D eigenvalue weighted by Gasteiger charge is -2.34. The van der Waals surface area contributed by atoms with Crippen molar-refractivity contribution in [3.63, 3.8) is 0 Å². The number of phenols is 1. The van der Waals surface area contributed by atoms with Crippen LogP contribution in [-0.2, 0) is 20.8 Å². The Labute approximate surface area is 203 Å². The molecular formula is C27H30N2O6. The average Bonchev–Trinajstić information content (AvgIpc) is 3.34. The number of carboxylic acid groups (broad SMARTS) is 1. The van der Waals surface area contributed by atoms with Crippen LogP contribution in [-0.4, -0.2) is 51.6 Å². The normalized spacial score (nSPS) is 28.8. The molecule has 3 aliphatic rings. The Bertz CT molecular complexity index is 1150. The molecular weight excluding hydrogens is 448 g/mol. The maximum absolute atomic E-state index is 13.9. The van der Waals surface area contributed by atoms with Gasteiger partial charge in [-0.05, 0) is 36.1 Å². The van der Waals surface area contributed by atoms with Gasteiger partial charge in [-0.3, -0.25) is 24.6 Å². The Hall–Kier alpha value is -3.39. The van der Waals surface area contributed by atoms with E-state index in [9.17, 15) is 24.6 Å². The molecule has 5 rings (SSSR count). The number of fused-ring (bicyclic) bond motifs is 1. The molecule has 2 amide bonds. The van der Waals surface area contributed by atoms with Crippen LogP contribution in [0.2, 0.25) is 0 Å². The summed E-state index contributed by atoms with van der Waals surface area (Å²) in [4.78, 5) is 42.1. The van der Waals surface area contributed by atoms with E-state index in [0.29, 0.717) is 5.56 Å². The molecule has 3 fully saturated rings. The second kappa shape index (κ2) is 9.00. The second-order valence-electron chi connectivity index (χ2n) is 9.83. The third-order valence-electron chi connectivity index (χ3n) is 7.90. The van der Waals surface area contributed by atoms with Crippen molar-refractivity contribution in [3.8, 4) is 11.5 Å². The Kier molecular flexibility index (Phi) is 6.01. The van der Waals surface area contributed by atoms with E-state index in [1.807, 2.05) is 30.3 Å². The van der Waals surface area contributed by atoms with Gasteiger partial charge in [0.15, 0.2) is 11.5 Å². The van der Waals surface area contributed by atoms with Crippen molar-refractivity contribution < 1.29 is 29.3 Å². The van der Waals surface area contributed by atoms with Crippen LogP contribution >= 0.6 is 0 Å². The predicted octanol–water partition coefficient (Wildman–Crippen LogP) is 3.05. The van der Waals surface area contributed by atoms with Gasteiger partial charge in [0.2, 0.25) is 11.8 Å². The number of aliphatic carboxylic acids is 1. The fourth-order valence-electron chi connectivity index (χ4n) is 6.25. The molecule has 35 heavy (non-hydrogen) atoms. The number of aromatic hydroxyl groups is 1. The molecule has 1 aliphatic carbocycles. The molecule has 2 saturated heterocycles. The summed E-state index contributed by atoms with van der Waals surface area (Å²) in [6.07, 6.45) is 4.53. The highest BCUT2D eigenvalue weighted by Gasteiger charge is 2.69. The molecule has 2 aromatic carbocycles. The molecule has 1 saturated carbocycles. The van der Waals surface area contributed by atoms with E-state index in [2.05, 4.69) is 5.32 Å². The van der Waals surface area contributed by atoms with E-state index in [-0.39, 0.29) is 29.9 Å². The molecule has 8 nitrogen and oxygen atoms in total. The zero-order valence-corrected chi connectivity index (χ0v) is 19.6. The number of carbonyl (C=O) groups excluding carboxylic acids is 2. The van der Waals surface area contributed by atoms with Gasteiger partial charge in [0.1, 0.15) is 5.54 Å². The Morgan fingerprint density at radius 3 is 2.46 bits per heavy atom. The molecule has 0 radical (unpaired) electrons. The quantitative estimate of drug-likeness (QED) is 0.547. The number of hydrogen-bond acceptors (Lipinski definition) is 6. The van der Waals surface area contributed by atoms with E-state index in [1.54, 1.807) is 12.1 Å². The van der Waals surface area contributed by atoms with Crippen LogP contribution in [0, 0.1) is 11.8 Å². The molecule has 0 aromatic heterocycles. The standard InChI is InChI=1S/C27H30N2O6/c1-35-20-14-17(12-13-19(20)30)23-21-22(25(32)29(24(21)31)18-10-6-3-7-11-18)27(28-23,26(33)34)15-16-8-4-2-5-9-16/h2,4-5,8-9,12-14,18,21-23,28,30H,3,6-7,10-11,15H2,1H3,(H,33,34). The smallest absolute Gasteiger partial charge is 0.325 e. The number of nitrogens with one attached hydrogen (secondary N) is 1. The largest absolute Gasteiger partial charge is 0.504 e. The van der Waals surface area contributed by atoms with E-state index < -0.39 is 35.3 Å². The molecule has 184 valence electrons. The van der Waals surface area contributed by atoms with Crippen LogP contribution < -0.4 is 10.1 Å². The monoisotopic (exact) mass is 478 g/mol. The summed E-state index contributed by atoms with van der Waals surface area (Å²) in [7, 11) is 1.43. The number of ether oxygens (including phenoxy) is 1. The first-order valence-corrected chi connectivity index (χ1v) is 12.2. The number of nitrogens with zero attached hydrogens (tertiary/aromatic N) is 1. The van der Waals surface area contributed by atoms with Crippen molar-refractivity contribution in [2.75, 3.05) is 7.11 Å². The number of amides is 2. The van der Waals surface area contributed by atoms with Crippen LogP contribution in [0.25, 0.3) is 0 Å². The van der Waals surface area contributed by atoms with Gasteiger partial charge in [0.25, 0.3) is 0 Å². The molecule has 4 atom stereocenters. The Balaban J connectivity index is 1.62. The number of rotatable bonds is 6. The summed E-state index contributed by atoms with van der Waals surface area (Å²) in [5.74, 6) is -3.61. The zero-order valence-electron chi connectivity index (χ0n) is 19.6. The minimum absolute atomic E-state index is 0.0581. The summed E-state index contributed by atoms with van der Waals surface area (Å²) in [6.45, 7) is 0. The van der Waals surface area contributed by atoms with Gasteiger partial charge in [0, 0.05) is 18.5 Å². The lowest BCUT2D eigenvalue weighted by atomic mass is 9.76. The van der Waals surface area contributed by atoms with Gasteiger partial charge in [-0.15, -0.1) is 0 Å². The number of likely N-dealkylation sites (tertiary alicyclic amines) is 1. The minimum Gasteiger partial charge on any atom is -0.504 e. The fourth-order valence-corrected chi connectivity index (χ4v) is 6.25. The second-order valence-corrected chi connectivity index (χ2v) is 9.83. The molecule has 2 aromatic rings. The summed E-state index contributed by atoms with van der Waals surface area (Å²) in [5.41, 5.74) is -0.295. The van der Waals surface area contributed by atoms with Crippen LogP contribution in [0.4, 0.5) is 0 Å². The molecule has 0 spiro atoms. The summed E-state index contributed by atoms with van der Waals surface area (Å²) in [6, 6.07) is 13.0. The first-order chi connectivity index (χ1) is 16.9. The third-order valence-corrected chi connectivity index (χ3v) is 7.90.